The van der Waals surface area contributed by atoms with Crippen LogP contribution in [0.15, 0.2) is 33.8 Å². The van der Waals surface area contributed by atoms with Gasteiger partial charge < -0.3 is 19.5 Å². The van der Waals surface area contributed by atoms with Crippen LogP contribution in [0, 0.1) is 20.8 Å². The van der Waals surface area contributed by atoms with Crippen LogP contribution < -0.4 is 5.32 Å². The lowest BCUT2D eigenvalue weighted by molar-refractivity contribution is -0.00830. The second-order valence-corrected chi connectivity index (χ2v) is 7.04. The third-order valence-corrected chi connectivity index (χ3v) is 5.18. The summed E-state index contributed by atoms with van der Waals surface area (Å²) in [5.74, 6) is 1.86. The number of morpholine rings is 1. The molecule has 2 heterocycles. The van der Waals surface area contributed by atoms with Crippen molar-refractivity contribution in [2.45, 2.75) is 39.7 Å². The molecule has 2 aromatic rings. The van der Waals surface area contributed by atoms with Crippen molar-refractivity contribution in [2.75, 3.05) is 33.3 Å². The maximum absolute atomic E-state index is 6.03. The first-order chi connectivity index (χ1) is 13.1. The van der Waals surface area contributed by atoms with Gasteiger partial charge in [0.1, 0.15) is 11.9 Å². The summed E-state index contributed by atoms with van der Waals surface area (Å²) in [6.07, 6.45) is 2.05. The zero-order valence-electron chi connectivity index (χ0n) is 16.8. The number of guanidine groups is 1. The SMILES string of the molecule is CN=C(NCCCc1c(C)noc1C)N1CCOC(c2ccccc2C)C1. The van der Waals surface area contributed by atoms with Crippen LogP contribution in [0.25, 0.3) is 0 Å². The number of aliphatic imine (C=N–C) groups is 1. The van der Waals surface area contributed by atoms with Gasteiger partial charge in [0, 0.05) is 25.7 Å². The fourth-order valence-electron chi connectivity index (χ4n) is 3.63. The predicted octanol–water partition coefficient (Wildman–Crippen LogP) is 3.18. The molecule has 146 valence electrons. The molecule has 1 aromatic heterocycles. The number of hydrogen-bond donors (Lipinski definition) is 1. The van der Waals surface area contributed by atoms with Crippen LogP contribution in [0.3, 0.4) is 0 Å². The van der Waals surface area contributed by atoms with Crippen molar-refractivity contribution >= 4 is 5.96 Å². The van der Waals surface area contributed by atoms with Gasteiger partial charge in [-0.2, -0.15) is 0 Å². The third-order valence-electron chi connectivity index (χ3n) is 5.18. The lowest BCUT2D eigenvalue weighted by atomic mass is 10.0. The van der Waals surface area contributed by atoms with Gasteiger partial charge in [-0.25, -0.2) is 0 Å². The number of aryl methyl sites for hydroxylation is 3. The van der Waals surface area contributed by atoms with E-state index in [9.17, 15) is 0 Å². The molecule has 1 atom stereocenters. The fourth-order valence-corrected chi connectivity index (χ4v) is 3.63. The van der Waals surface area contributed by atoms with Crippen LogP contribution in [0.1, 0.15) is 40.7 Å². The van der Waals surface area contributed by atoms with Crippen LogP contribution in [0.2, 0.25) is 0 Å². The Balaban J connectivity index is 1.53. The Hall–Kier alpha value is -2.34. The van der Waals surface area contributed by atoms with Crippen molar-refractivity contribution in [3.63, 3.8) is 0 Å². The number of benzene rings is 1. The summed E-state index contributed by atoms with van der Waals surface area (Å²) in [4.78, 5) is 6.77. The Labute approximate surface area is 161 Å². The molecule has 6 nitrogen and oxygen atoms in total. The molecule has 1 saturated heterocycles. The molecule has 0 radical (unpaired) electrons. The molecule has 27 heavy (non-hydrogen) atoms. The first-order valence-corrected chi connectivity index (χ1v) is 9.64. The molecule has 1 N–H and O–H groups in total. The molecule has 0 bridgehead atoms. The minimum Gasteiger partial charge on any atom is -0.370 e. The average molecular weight is 370 g/mol. The summed E-state index contributed by atoms with van der Waals surface area (Å²) >= 11 is 0. The maximum atomic E-state index is 6.03. The summed E-state index contributed by atoms with van der Waals surface area (Å²) < 4.78 is 11.3. The van der Waals surface area contributed by atoms with Crippen molar-refractivity contribution in [1.29, 1.82) is 0 Å². The number of rotatable bonds is 5. The maximum Gasteiger partial charge on any atom is 0.193 e. The Kier molecular flexibility index (Phi) is 6.50. The monoisotopic (exact) mass is 370 g/mol. The van der Waals surface area contributed by atoms with E-state index < -0.39 is 0 Å². The van der Waals surface area contributed by atoms with Crippen LogP contribution >= 0.6 is 0 Å². The second-order valence-electron chi connectivity index (χ2n) is 7.04. The first kappa shape index (κ1) is 19.4. The van der Waals surface area contributed by atoms with Crippen molar-refractivity contribution in [3.05, 3.63) is 52.4 Å². The van der Waals surface area contributed by atoms with Gasteiger partial charge >= 0.3 is 0 Å². The van der Waals surface area contributed by atoms with Gasteiger partial charge in [0.05, 0.1) is 18.8 Å². The topological polar surface area (TPSA) is 62.9 Å². The molecule has 0 spiro atoms. The highest BCUT2D eigenvalue weighted by Crippen LogP contribution is 2.25. The van der Waals surface area contributed by atoms with Gasteiger partial charge in [-0.3, -0.25) is 4.99 Å². The van der Waals surface area contributed by atoms with Crippen LogP contribution in [-0.2, 0) is 11.2 Å². The van der Waals surface area contributed by atoms with Crippen molar-refractivity contribution < 1.29 is 9.26 Å². The minimum absolute atomic E-state index is 0.0841. The van der Waals surface area contributed by atoms with E-state index in [1.54, 1.807) is 0 Å². The first-order valence-electron chi connectivity index (χ1n) is 9.64. The van der Waals surface area contributed by atoms with Crippen molar-refractivity contribution in [3.8, 4) is 0 Å². The summed E-state index contributed by atoms with van der Waals surface area (Å²) in [5, 5.41) is 7.52. The van der Waals surface area contributed by atoms with Gasteiger partial charge in [-0.05, 0) is 44.7 Å². The van der Waals surface area contributed by atoms with Gasteiger partial charge in [-0.1, -0.05) is 29.4 Å². The highest BCUT2D eigenvalue weighted by molar-refractivity contribution is 5.80. The number of ether oxygens (including phenoxy) is 1. The third kappa shape index (κ3) is 4.69. The standard InChI is InChI=1S/C21H30N4O2/c1-15-8-5-6-9-18(15)20-14-25(12-13-26-20)21(22-4)23-11-7-10-19-16(2)24-27-17(19)3/h5-6,8-9,20H,7,10-14H2,1-4H3,(H,22,23). The fraction of sp³-hybridized carbons (Fsp3) is 0.524. The number of nitrogens with zero attached hydrogens (tertiary/aromatic N) is 3. The van der Waals surface area contributed by atoms with E-state index in [0.717, 1.165) is 49.9 Å². The van der Waals surface area contributed by atoms with E-state index in [1.165, 1.54) is 16.7 Å². The van der Waals surface area contributed by atoms with Crippen molar-refractivity contribution in [1.82, 2.24) is 15.4 Å². The highest BCUT2D eigenvalue weighted by Gasteiger charge is 2.25. The molecule has 1 fully saturated rings. The van der Waals surface area contributed by atoms with Crippen LogP contribution in [0.5, 0.6) is 0 Å². The molecule has 3 rings (SSSR count). The van der Waals surface area contributed by atoms with Gasteiger partial charge in [0.15, 0.2) is 5.96 Å². The Morgan fingerprint density at radius 1 is 1.30 bits per heavy atom. The smallest absolute Gasteiger partial charge is 0.193 e. The van der Waals surface area contributed by atoms with Gasteiger partial charge in [0.25, 0.3) is 0 Å². The molecule has 0 amide bonds. The largest absolute Gasteiger partial charge is 0.370 e. The minimum atomic E-state index is 0.0841. The molecular formula is C21H30N4O2. The van der Waals surface area contributed by atoms with Gasteiger partial charge in [-0.15, -0.1) is 0 Å². The quantitative estimate of drug-likeness (QED) is 0.498. The molecular weight excluding hydrogens is 340 g/mol. The molecule has 1 aliphatic heterocycles. The Morgan fingerprint density at radius 3 is 2.81 bits per heavy atom. The van der Waals surface area contributed by atoms with E-state index in [2.05, 4.69) is 51.6 Å². The number of aromatic nitrogens is 1. The molecule has 1 aliphatic rings. The Bertz CT molecular complexity index is 765. The summed E-state index contributed by atoms with van der Waals surface area (Å²) in [7, 11) is 1.84. The highest BCUT2D eigenvalue weighted by atomic mass is 16.5. The normalized spacial score (nSPS) is 18.0. The average Bonchev–Trinajstić information content (AvgIpc) is 3.00. The molecule has 1 unspecified atom stereocenters. The number of hydrogen-bond acceptors (Lipinski definition) is 4. The zero-order chi connectivity index (χ0) is 19.2. The van der Waals surface area contributed by atoms with Crippen LogP contribution in [0.4, 0.5) is 0 Å². The molecule has 0 aliphatic carbocycles. The van der Waals surface area contributed by atoms with E-state index in [-0.39, 0.29) is 6.10 Å². The molecule has 1 aromatic carbocycles. The summed E-state index contributed by atoms with van der Waals surface area (Å²) in [6.45, 7) is 9.35. The van der Waals surface area contributed by atoms with Crippen molar-refractivity contribution in [2.24, 2.45) is 4.99 Å². The second kappa shape index (κ2) is 9.04. The van der Waals surface area contributed by atoms with E-state index in [4.69, 9.17) is 9.26 Å². The van der Waals surface area contributed by atoms with Gasteiger partial charge in [0.2, 0.25) is 0 Å². The van der Waals surface area contributed by atoms with E-state index in [1.807, 2.05) is 20.9 Å². The number of nitrogens with one attached hydrogen (secondary N) is 1. The van der Waals surface area contributed by atoms with E-state index in [0.29, 0.717) is 6.61 Å². The summed E-state index contributed by atoms with van der Waals surface area (Å²) in [6, 6.07) is 8.44. The van der Waals surface area contributed by atoms with Crippen LogP contribution in [-0.4, -0.2) is 49.3 Å². The Morgan fingerprint density at radius 2 is 2.11 bits per heavy atom. The summed E-state index contributed by atoms with van der Waals surface area (Å²) in [5.41, 5.74) is 4.74. The lowest BCUT2D eigenvalue weighted by Gasteiger charge is -2.35. The molecule has 0 saturated carbocycles. The predicted molar refractivity (Wildman–Crippen MR) is 107 cm³/mol. The van der Waals surface area contributed by atoms with E-state index >= 15 is 0 Å². The molecule has 6 heteroatoms. The zero-order valence-corrected chi connectivity index (χ0v) is 16.8. The lowest BCUT2D eigenvalue weighted by Crippen LogP contribution is -2.48.